The lowest BCUT2D eigenvalue weighted by atomic mass is 9.97. The van der Waals surface area contributed by atoms with Gasteiger partial charge in [-0.15, -0.1) is 0 Å². The molecule has 12 heteroatoms. The number of nitrogens with zero attached hydrogens (tertiary/aromatic N) is 3. The van der Waals surface area contributed by atoms with Gasteiger partial charge in [0.15, 0.2) is 22.0 Å². The maximum atomic E-state index is 13.6. The molecule has 1 atom stereocenters. The van der Waals surface area contributed by atoms with Crippen LogP contribution < -0.4 is 24.4 Å². The third kappa shape index (κ3) is 4.96. The molecule has 0 saturated carbocycles. The lowest BCUT2D eigenvalue weighted by molar-refractivity contribution is -0.385. The van der Waals surface area contributed by atoms with Crippen molar-refractivity contribution in [3.63, 3.8) is 0 Å². The van der Waals surface area contributed by atoms with Gasteiger partial charge in [-0.05, 0) is 49.2 Å². The molecule has 4 rings (SSSR count). The van der Waals surface area contributed by atoms with E-state index in [-0.39, 0.29) is 10.1 Å². The Hall–Kier alpha value is -4.45. The minimum Gasteiger partial charge on any atom is -0.502 e. The Balaban J connectivity index is 1.90. The number of hydrogen-bond donors (Lipinski definition) is 1. The number of nitro groups is 1. The number of methoxy groups -OCH3 is 1. The fourth-order valence-electron chi connectivity index (χ4n) is 3.92. The first-order valence-electron chi connectivity index (χ1n) is 11.2. The molecule has 0 fully saturated rings. The SMILES string of the molecule is CCOc1ccc([C@@H]2C(C(=O)OC)=CN=c3s/c(=C\c4ccc(O)c([N+](=O)[O-])c4)c(=O)n32)cc1OCC. The molecule has 2 aromatic carbocycles. The van der Waals surface area contributed by atoms with E-state index in [2.05, 4.69) is 4.99 Å². The second kappa shape index (κ2) is 10.7. The highest BCUT2D eigenvalue weighted by Gasteiger charge is 2.31. The van der Waals surface area contributed by atoms with Crippen molar-refractivity contribution in [1.82, 2.24) is 4.57 Å². The largest absolute Gasteiger partial charge is 0.502 e. The minimum absolute atomic E-state index is 0.147. The van der Waals surface area contributed by atoms with Crippen molar-refractivity contribution in [3.8, 4) is 17.2 Å². The molecule has 3 aromatic rings. The molecule has 37 heavy (non-hydrogen) atoms. The molecule has 192 valence electrons. The zero-order valence-electron chi connectivity index (χ0n) is 20.2. The van der Waals surface area contributed by atoms with Crippen molar-refractivity contribution in [1.29, 1.82) is 0 Å². The van der Waals surface area contributed by atoms with Gasteiger partial charge in [0.25, 0.3) is 5.56 Å². The highest BCUT2D eigenvalue weighted by Crippen LogP contribution is 2.35. The Labute approximate surface area is 214 Å². The summed E-state index contributed by atoms with van der Waals surface area (Å²) in [4.78, 5) is 41.4. The minimum atomic E-state index is -0.866. The van der Waals surface area contributed by atoms with Crippen molar-refractivity contribution in [2.75, 3.05) is 20.3 Å². The Morgan fingerprint density at radius 2 is 1.92 bits per heavy atom. The Kier molecular flexibility index (Phi) is 7.39. The summed E-state index contributed by atoms with van der Waals surface area (Å²) in [6, 6.07) is 8.11. The average molecular weight is 526 g/mol. The Morgan fingerprint density at radius 3 is 2.59 bits per heavy atom. The number of carbonyl (C=O) groups is 1. The van der Waals surface area contributed by atoms with E-state index in [1.54, 1.807) is 18.2 Å². The predicted molar refractivity (Wildman–Crippen MR) is 135 cm³/mol. The first-order chi connectivity index (χ1) is 17.8. The highest BCUT2D eigenvalue weighted by molar-refractivity contribution is 7.07. The number of phenolic OH excluding ortho intramolecular Hbond substituents is 1. The zero-order valence-corrected chi connectivity index (χ0v) is 21.0. The van der Waals surface area contributed by atoms with Gasteiger partial charge in [0, 0.05) is 12.3 Å². The number of nitro benzene ring substituents is 1. The molecule has 0 aliphatic carbocycles. The van der Waals surface area contributed by atoms with Crippen LogP contribution in [-0.2, 0) is 9.53 Å². The van der Waals surface area contributed by atoms with Crippen molar-refractivity contribution in [2.24, 2.45) is 4.99 Å². The molecule has 1 aliphatic heterocycles. The van der Waals surface area contributed by atoms with Crippen molar-refractivity contribution in [2.45, 2.75) is 19.9 Å². The van der Waals surface area contributed by atoms with Crippen LogP contribution in [-0.4, -0.2) is 40.9 Å². The molecule has 0 unspecified atom stereocenters. The lowest BCUT2D eigenvalue weighted by Crippen LogP contribution is -2.39. The monoisotopic (exact) mass is 525 g/mol. The number of aromatic nitrogens is 1. The van der Waals surface area contributed by atoms with Crippen LogP contribution in [0.4, 0.5) is 5.69 Å². The summed E-state index contributed by atoms with van der Waals surface area (Å²) in [6.45, 7) is 4.49. The van der Waals surface area contributed by atoms with E-state index in [0.29, 0.717) is 40.6 Å². The molecular weight excluding hydrogens is 502 g/mol. The maximum absolute atomic E-state index is 13.6. The number of aromatic hydroxyl groups is 1. The molecule has 0 saturated heterocycles. The summed E-state index contributed by atoms with van der Waals surface area (Å²) in [5, 5.41) is 20.9. The van der Waals surface area contributed by atoms with Crippen LogP contribution >= 0.6 is 11.3 Å². The van der Waals surface area contributed by atoms with Crippen LogP contribution in [0.1, 0.15) is 31.0 Å². The summed E-state index contributed by atoms with van der Waals surface area (Å²) >= 11 is 1.06. The molecule has 11 nitrogen and oxygen atoms in total. The smallest absolute Gasteiger partial charge is 0.337 e. The van der Waals surface area contributed by atoms with Gasteiger partial charge in [0.1, 0.15) is 0 Å². The van der Waals surface area contributed by atoms with E-state index >= 15 is 0 Å². The number of ether oxygens (including phenoxy) is 3. The normalized spacial score (nSPS) is 14.8. The molecular formula is C25H23N3O8S. The van der Waals surface area contributed by atoms with E-state index in [1.807, 2.05) is 13.8 Å². The number of fused-ring (bicyclic) bond motifs is 1. The topological polar surface area (TPSA) is 142 Å². The van der Waals surface area contributed by atoms with Crippen LogP contribution in [0.3, 0.4) is 0 Å². The third-order valence-electron chi connectivity index (χ3n) is 5.50. The zero-order chi connectivity index (χ0) is 26.7. The van der Waals surface area contributed by atoms with E-state index < -0.39 is 33.9 Å². The molecule has 0 radical (unpaired) electrons. The van der Waals surface area contributed by atoms with Gasteiger partial charge >= 0.3 is 11.7 Å². The molecule has 2 heterocycles. The summed E-state index contributed by atoms with van der Waals surface area (Å²) < 4.78 is 17.9. The van der Waals surface area contributed by atoms with Gasteiger partial charge in [-0.1, -0.05) is 23.5 Å². The number of rotatable bonds is 8. The summed E-state index contributed by atoms with van der Waals surface area (Å²) in [5.74, 6) is -0.143. The Bertz CT molecular complexity index is 1590. The van der Waals surface area contributed by atoms with E-state index in [4.69, 9.17) is 14.2 Å². The van der Waals surface area contributed by atoms with Gasteiger partial charge in [0.2, 0.25) is 0 Å². The molecule has 0 bridgehead atoms. The number of carbonyl (C=O) groups excluding carboxylic acids is 1. The number of hydrogen-bond acceptors (Lipinski definition) is 10. The standard InChI is InChI=1S/C25H23N3O8S/c1-4-35-19-9-7-15(12-20(19)36-5-2)22-16(24(31)34-3)13-26-25-27(22)23(30)21(37-25)11-14-6-8-18(29)17(10-14)28(32)33/h6-13,22,29H,4-5H2,1-3H3/b21-11-/t22-/m1/s1. The van der Waals surface area contributed by atoms with Gasteiger partial charge in [-0.3, -0.25) is 19.5 Å². The van der Waals surface area contributed by atoms with Crippen LogP contribution in [0.25, 0.3) is 6.08 Å². The van der Waals surface area contributed by atoms with E-state index in [1.165, 1.54) is 42.2 Å². The number of thiazole rings is 1. The van der Waals surface area contributed by atoms with E-state index in [9.17, 15) is 24.8 Å². The van der Waals surface area contributed by atoms with Crippen molar-refractivity contribution < 1.29 is 29.0 Å². The number of esters is 1. The Morgan fingerprint density at radius 1 is 1.19 bits per heavy atom. The molecule has 0 spiro atoms. The third-order valence-corrected chi connectivity index (χ3v) is 6.50. The van der Waals surface area contributed by atoms with Crippen LogP contribution in [0.15, 0.2) is 58.0 Å². The lowest BCUT2D eigenvalue weighted by Gasteiger charge is -2.23. The van der Waals surface area contributed by atoms with Crippen molar-refractivity contribution in [3.05, 3.63) is 89.1 Å². The maximum Gasteiger partial charge on any atom is 0.337 e. The summed E-state index contributed by atoms with van der Waals surface area (Å²) in [5.41, 5.74) is 0.133. The van der Waals surface area contributed by atoms with Gasteiger partial charge in [-0.2, -0.15) is 0 Å². The number of benzene rings is 2. The fraction of sp³-hybridized carbons (Fsp3) is 0.240. The molecule has 1 N–H and O–H groups in total. The van der Waals surface area contributed by atoms with Gasteiger partial charge < -0.3 is 19.3 Å². The van der Waals surface area contributed by atoms with Gasteiger partial charge in [-0.25, -0.2) is 9.79 Å². The molecule has 1 aliphatic rings. The molecule has 1 aromatic heterocycles. The summed E-state index contributed by atoms with van der Waals surface area (Å²) in [7, 11) is 1.24. The van der Waals surface area contributed by atoms with Crippen molar-refractivity contribution >= 4 is 29.1 Å². The van der Waals surface area contributed by atoms with Crippen LogP contribution in [0.2, 0.25) is 0 Å². The van der Waals surface area contributed by atoms with Gasteiger partial charge in [0.05, 0.1) is 41.4 Å². The highest BCUT2D eigenvalue weighted by atomic mass is 32.1. The predicted octanol–water partition coefficient (Wildman–Crippen LogP) is 2.43. The fourth-order valence-corrected chi connectivity index (χ4v) is 4.88. The summed E-state index contributed by atoms with van der Waals surface area (Å²) in [6.07, 6.45) is 2.84. The van der Waals surface area contributed by atoms with Crippen LogP contribution in [0, 0.1) is 10.1 Å². The average Bonchev–Trinajstić information content (AvgIpc) is 3.20. The first-order valence-corrected chi connectivity index (χ1v) is 12.1. The quantitative estimate of drug-likeness (QED) is 0.268. The van der Waals surface area contributed by atoms with E-state index in [0.717, 1.165) is 11.3 Å². The first kappa shape index (κ1) is 25.6. The van der Waals surface area contributed by atoms with Crippen LogP contribution in [0.5, 0.6) is 17.2 Å². The second-order valence-electron chi connectivity index (χ2n) is 7.75. The second-order valence-corrected chi connectivity index (χ2v) is 8.76. The number of phenols is 1. The molecule has 0 amide bonds.